The summed E-state index contributed by atoms with van der Waals surface area (Å²) in [4.78, 5) is 29.6. The van der Waals surface area contributed by atoms with Gasteiger partial charge in [-0.05, 0) is 55.3 Å². The molecule has 8 nitrogen and oxygen atoms in total. The second-order valence-corrected chi connectivity index (χ2v) is 13.1. The summed E-state index contributed by atoms with van der Waals surface area (Å²) < 4.78 is 49.8. The quantitative estimate of drug-likeness (QED) is 0.172. The standard InChI is InChI=1S/C35H37ClFN3O5S/c1-4-25(2)38-35(42)32(21-26-13-7-5-8-14-26)39(23-27-15-11-12-18-30(27)37)34(41)24-40(31-22-28(36)19-20-33(31)45-3)46(43,44)29-16-9-6-10-17-29/h5-20,22,25,32H,4,21,23-24H2,1-3H3,(H,38,42)/t25-,32-/m0/s1. The maximum atomic E-state index is 15.1. The number of carbonyl (C=O) groups is 2. The zero-order valence-electron chi connectivity index (χ0n) is 25.9. The minimum absolute atomic E-state index is 0.0294. The fourth-order valence-corrected chi connectivity index (χ4v) is 6.50. The first-order valence-corrected chi connectivity index (χ1v) is 16.7. The highest BCUT2D eigenvalue weighted by Crippen LogP contribution is 2.35. The predicted molar refractivity (Wildman–Crippen MR) is 178 cm³/mol. The van der Waals surface area contributed by atoms with Gasteiger partial charge in [0, 0.05) is 29.6 Å². The van der Waals surface area contributed by atoms with E-state index in [0.717, 1.165) is 9.87 Å². The summed E-state index contributed by atoms with van der Waals surface area (Å²) in [5, 5.41) is 3.17. The molecule has 0 saturated heterocycles. The monoisotopic (exact) mass is 665 g/mol. The maximum absolute atomic E-state index is 15.1. The molecule has 2 amide bonds. The Morgan fingerprint density at radius 1 is 0.935 bits per heavy atom. The van der Waals surface area contributed by atoms with Gasteiger partial charge in [0.2, 0.25) is 11.8 Å². The molecular weight excluding hydrogens is 629 g/mol. The van der Waals surface area contributed by atoms with Crippen LogP contribution in [0.2, 0.25) is 5.02 Å². The van der Waals surface area contributed by atoms with Crippen LogP contribution in [0.5, 0.6) is 5.75 Å². The number of sulfonamides is 1. The number of nitrogens with zero attached hydrogens (tertiary/aromatic N) is 2. The average molecular weight is 666 g/mol. The molecule has 242 valence electrons. The van der Waals surface area contributed by atoms with E-state index < -0.39 is 40.2 Å². The normalized spacial score (nSPS) is 12.5. The lowest BCUT2D eigenvalue weighted by molar-refractivity contribution is -0.140. The van der Waals surface area contributed by atoms with E-state index in [2.05, 4.69) is 5.32 Å². The molecule has 11 heteroatoms. The number of hydrogen-bond donors (Lipinski definition) is 1. The lowest BCUT2D eigenvalue weighted by Gasteiger charge is -2.34. The third-order valence-electron chi connectivity index (χ3n) is 7.59. The van der Waals surface area contributed by atoms with Gasteiger partial charge in [0.1, 0.15) is 24.2 Å². The van der Waals surface area contributed by atoms with E-state index in [9.17, 15) is 18.0 Å². The fourth-order valence-electron chi connectivity index (χ4n) is 4.90. The SMILES string of the molecule is CC[C@H](C)NC(=O)[C@H](Cc1ccccc1)N(Cc1ccccc1F)C(=O)CN(c1cc(Cl)ccc1OC)S(=O)(=O)c1ccccc1. The van der Waals surface area contributed by atoms with Crippen LogP contribution in [0.3, 0.4) is 0 Å². The molecule has 0 aromatic heterocycles. The number of hydrogen-bond acceptors (Lipinski definition) is 5. The zero-order valence-corrected chi connectivity index (χ0v) is 27.5. The number of ether oxygens (including phenoxy) is 1. The first-order chi connectivity index (χ1) is 22.0. The molecule has 4 aromatic rings. The van der Waals surface area contributed by atoms with Crippen molar-refractivity contribution >= 4 is 39.1 Å². The van der Waals surface area contributed by atoms with Gasteiger partial charge < -0.3 is 15.0 Å². The van der Waals surface area contributed by atoms with Crippen molar-refractivity contribution in [3.63, 3.8) is 0 Å². The summed E-state index contributed by atoms with van der Waals surface area (Å²) in [6.45, 7) is 2.75. The van der Waals surface area contributed by atoms with Gasteiger partial charge in [-0.3, -0.25) is 13.9 Å². The molecular formula is C35H37ClFN3O5S. The molecule has 1 N–H and O–H groups in total. The van der Waals surface area contributed by atoms with E-state index in [1.807, 2.05) is 44.2 Å². The molecule has 0 radical (unpaired) electrons. The number of amides is 2. The molecule has 0 aliphatic carbocycles. The Balaban J connectivity index is 1.86. The van der Waals surface area contributed by atoms with Crippen molar-refractivity contribution < 1.29 is 27.1 Å². The van der Waals surface area contributed by atoms with Crippen LogP contribution in [0.25, 0.3) is 0 Å². The van der Waals surface area contributed by atoms with Crippen molar-refractivity contribution in [2.45, 2.75) is 50.2 Å². The van der Waals surface area contributed by atoms with Crippen molar-refractivity contribution in [2.75, 3.05) is 18.0 Å². The highest BCUT2D eigenvalue weighted by atomic mass is 35.5. The van der Waals surface area contributed by atoms with Gasteiger partial charge in [-0.25, -0.2) is 12.8 Å². The van der Waals surface area contributed by atoms with E-state index in [0.29, 0.717) is 6.42 Å². The molecule has 4 rings (SSSR count). The van der Waals surface area contributed by atoms with Crippen LogP contribution in [-0.4, -0.2) is 50.9 Å². The Bertz CT molecular complexity index is 1740. The van der Waals surface area contributed by atoms with Crippen LogP contribution in [0.1, 0.15) is 31.4 Å². The molecule has 0 unspecified atom stereocenters. The van der Waals surface area contributed by atoms with E-state index in [4.69, 9.17) is 16.3 Å². The Morgan fingerprint density at radius 3 is 2.20 bits per heavy atom. The number of nitrogens with one attached hydrogen (secondary N) is 1. The summed E-state index contributed by atoms with van der Waals surface area (Å²) in [5.74, 6) is -1.58. The molecule has 0 heterocycles. The number of anilines is 1. The molecule has 4 aromatic carbocycles. The number of rotatable bonds is 14. The number of methoxy groups -OCH3 is 1. The van der Waals surface area contributed by atoms with Gasteiger partial charge in [0.25, 0.3) is 10.0 Å². The minimum Gasteiger partial charge on any atom is -0.495 e. The van der Waals surface area contributed by atoms with Gasteiger partial charge in [-0.1, -0.05) is 85.3 Å². The molecule has 0 saturated carbocycles. The third kappa shape index (κ3) is 8.44. The van der Waals surface area contributed by atoms with Gasteiger partial charge in [-0.2, -0.15) is 0 Å². The lowest BCUT2D eigenvalue weighted by atomic mass is 10.0. The van der Waals surface area contributed by atoms with Crippen molar-refractivity contribution in [1.82, 2.24) is 10.2 Å². The highest BCUT2D eigenvalue weighted by Gasteiger charge is 2.36. The van der Waals surface area contributed by atoms with Crippen LogP contribution in [0.15, 0.2) is 108 Å². The Morgan fingerprint density at radius 2 is 1.57 bits per heavy atom. The van der Waals surface area contributed by atoms with Gasteiger partial charge in [0.15, 0.2) is 0 Å². The van der Waals surface area contributed by atoms with Crippen molar-refractivity contribution in [3.8, 4) is 5.75 Å². The fraction of sp³-hybridized carbons (Fsp3) is 0.257. The summed E-state index contributed by atoms with van der Waals surface area (Å²) in [6.07, 6.45) is 0.748. The molecule has 46 heavy (non-hydrogen) atoms. The summed E-state index contributed by atoms with van der Waals surface area (Å²) >= 11 is 6.32. The molecule has 0 aliphatic rings. The number of carbonyl (C=O) groups excluding carboxylic acids is 2. The Labute approximate surface area is 274 Å². The highest BCUT2D eigenvalue weighted by molar-refractivity contribution is 7.92. The van der Waals surface area contributed by atoms with Crippen LogP contribution >= 0.6 is 11.6 Å². The van der Waals surface area contributed by atoms with Crippen LogP contribution in [0, 0.1) is 5.82 Å². The zero-order chi connectivity index (χ0) is 33.3. The lowest BCUT2D eigenvalue weighted by Crippen LogP contribution is -2.54. The van der Waals surface area contributed by atoms with Crippen LogP contribution < -0.4 is 14.4 Å². The molecule has 0 fully saturated rings. The summed E-state index contributed by atoms with van der Waals surface area (Å²) in [5.41, 5.74) is 0.966. The van der Waals surface area contributed by atoms with E-state index in [1.54, 1.807) is 30.3 Å². The minimum atomic E-state index is -4.37. The van der Waals surface area contributed by atoms with Gasteiger partial charge in [0.05, 0.1) is 17.7 Å². The largest absolute Gasteiger partial charge is 0.495 e. The van der Waals surface area contributed by atoms with Crippen LogP contribution in [0.4, 0.5) is 10.1 Å². The van der Waals surface area contributed by atoms with Crippen molar-refractivity contribution in [2.24, 2.45) is 0 Å². The average Bonchev–Trinajstić information content (AvgIpc) is 3.06. The first-order valence-electron chi connectivity index (χ1n) is 14.8. The topological polar surface area (TPSA) is 96.0 Å². The van der Waals surface area contributed by atoms with Crippen molar-refractivity contribution in [3.05, 3.63) is 125 Å². The molecule has 2 atom stereocenters. The Hall–Kier alpha value is -4.41. The number of halogens is 2. The van der Waals surface area contributed by atoms with Gasteiger partial charge in [-0.15, -0.1) is 0 Å². The smallest absolute Gasteiger partial charge is 0.264 e. The second-order valence-electron chi connectivity index (χ2n) is 10.8. The summed E-state index contributed by atoms with van der Waals surface area (Å²) in [7, 11) is -2.99. The summed E-state index contributed by atoms with van der Waals surface area (Å²) in [6, 6.07) is 25.9. The van der Waals surface area contributed by atoms with E-state index in [-0.39, 0.29) is 45.9 Å². The van der Waals surface area contributed by atoms with E-state index in [1.165, 1.54) is 54.5 Å². The molecule has 0 aliphatic heterocycles. The van der Waals surface area contributed by atoms with Gasteiger partial charge >= 0.3 is 0 Å². The first kappa shape index (κ1) is 34.5. The molecule has 0 spiro atoms. The van der Waals surface area contributed by atoms with E-state index >= 15 is 4.39 Å². The second kappa shape index (κ2) is 15.7. The molecule has 0 bridgehead atoms. The third-order valence-corrected chi connectivity index (χ3v) is 9.60. The predicted octanol–water partition coefficient (Wildman–Crippen LogP) is 6.24. The van der Waals surface area contributed by atoms with Crippen LogP contribution in [-0.2, 0) is 32.6 Å². The number of benzene rings is 4. The maximum Gasteiger partial charge on any atom is 0.264 e. The van der Waals surface area contributed by atoms with Crippen molar-refractivity contribution in [1.29, 1.82) is 0 Å². The Kier molecular flexibility index (Phi) is 11.8.